The van der Waals surface area contributed by atoms with Crippen molar-refractivity contribution in [1.29, 1.82) is 5.26 Å². The van der Waals surface area contributed by atoms with E-state index in [1.165, 1.54) is 19.1 Å². The molecule has 0 aromatic heterocycles. The maximum atomic E-state index is 13.9. The Balaban J connectivity index is 1.90. The molecule has 6 heteroatoms. The number of ketones is 1. The fourth-order valence-corrected chi connectivity index (χ4v) is 3.55. The van der Waals surface area contributed by atoms with Crippen LogP contribution in [-0.4, -0.2) is 28.8 Å². The Hall–Kier alpha value is -3.20. The molecule has 0 saturated heterocycles. The molecule has 1 aromatic rings. The van der Waals surface area contributed by atoms with Crippen molar-refractivity contribution in [3.8, 4) is 6.07 Å². The molecule has 136 valence electrons. The standard InChI is InChI=1S/C21H17FN2O3/c1-12(25)27-20-9-17-14(8-19(20)26)11-24(16-5-6-16)18(10-23)21(17)13-3-2-4-15(22)7-13/h2-4,7,9,11,16,20H,5-6,8H2,1H3. The lowest BCUT2D eigenvalue weighted by atomic mass is 9.81. The van der Waals surface area contributed by atoms with Gasteiger partial charge in [0.15, 0.2) is 11.9 Å². The molecule has 1 heterocycles. The summed E-state index contributed by atoms with van der Waals surface area (Å²) in [7, 11) is 0. The van der Waals surface area contributed by atoms with Crippen LogP contribution in [0, 0.1) is 17.1 Å². The molecule has 0 spiro atoms. The van der Waals surface area contributed by atoms with E-state index >= 15 is 0 Å². The predicted octanol–water partition coefficient (Wildman–Crippen LogP) is 3.25. The molecule has 0 bridgehead atoms. The first-order chi connectivity index (χ1) is 13.0. The molecule has 2 aliphatic carbocycles. The molecule has 5 nitrogen and oxygen atoms in total. The van der Waals surface area contributed by atoms with E-state index in [0.717, 1.165) is 18.4 Å². The Morgan fingerprint density at radius 1 is 1.37 bits per heavy atom. The number of ether oxygens (including phenoxy) is 1. The first kappa shape index (κ1) is 17.2. The van der Waals surface area contributed by atoms with E-state index < -0.39 is 17.9 Å². The van der Waals surface area contributed by atoms with Gasteiger partial charge in [-0.15, -0.1) is 0 Å². The Labute approximate surface area is 156 Å². The Morgan fingerprint density at radius 3 is 2.78 bits per heavy atom. The number of nitrogens with zero attached hydrogens (tertiary/aromatic N) is 2. The minimum Gasteiger partial charge on any atom is -0.450 e. The van der Waals surface area contributed by atoms with Crippen molar-refractivity contribution in [2.45, 2.75) is 38.3 Å². The highest BCUT2D eigenvalue weighted by molar-refractivity contribution is 5.98. The number of hydrogen-bond acceptors (Lipinski definition) is 5. The van der Waals surface area contributed by atoms with Gasteiger partial charge in [-0.05, 0) is 47.8 Å². The van der Waals surface area contributed by atoms with Crippen molar-refractivity contribution in [3.63, 3.8) is 0 Å². The summed E-state index contributed by atoms with van der Waals surface area (Å²) in [5, 5.41) is 9.84. The molecule has 3 aliphatic rings. The van der Waals surface area contributed by atoms with Gasteiger partial charge in [0, 0.05) is 31.2 Å². The number of allylic oxidation sites excluding steroid dienone is 4. The van der Waals surface area contributed by atoms with E-state index in [-0.39, 0.29) is 18.2 Å². The number of hydrogen-bond donors (Lipinski definition) is 0. The maximum Gasteiger partial charge on any atom is 0.303 e. The lowest BCUT2D eigenvalue weighted by Crippen LogP contribution is -2.32. The summed E-state index contributed by atoms with van der Waals surface area (Å²) in [4.78, 5) is 25.6. The van der Waals surface area contributed by atoms with E-state index in [4.69, 9.17) is 4.74 Å². The van der Waals surface area contributed by atoms with E-state index in [2.05, 4.69) is 6.07 Å². The molecule has 1 atom stereocenters. The van der Waals surface area contributed by atoms with Gasteiger partial charge in [0.2, 0.25) is 0 Å². The van der Waals surface area contributed by atoms with E-state index in [9.17, 15) is 19.2 Å². The molecule has 0 amide bonds. The molecular formula is C21H17FN2O3. The van der Waals surface area contributed by atoms with Gasteiger partial charge >= 0.3 is 5.97 Å². The number of benzene rings is 1. The summed E-state index contributed by atoms with van der Waals surface area (Å²) in [6, 6.07) is 8.51. The second-order valence-electron chi connectivity index (χ2n) is 6.89. The number of esters is 1. The minimum atomic E-state index is -0.995. The van der Waals surface area contributed by atoms with Crippen molar-refractivity contribution in [2.75, 3.05) is 0 Å². The fraction of sp³-hybridized carbons (Fsp3) is 0.286. The van der Waals surface area contributed by atoms with Gasteiger partial charge in [-0.25, -0.2) is 4.39 Å². The molecule has 27 heavy (non-hydrogen) atoms. The smallest absolute Gasteiger partial charge is 0.303 e. The largest absolute Gasteiger partial charge is 0.450 e. The number of fused-ring (bicyclic) bond motifs is 1. The highest BCUT2D eigenvalue weighted by atomic mass is 19.1. The summed E-state index contributed by atoms with van der Waals surface area (Å²) >= 11 is 0. The molecule has 1 aliphatic heterocycles. The molecular weight excluding hydrogens is 347 g/mol. The van der Waals surface area contributed by atoms with Crippen LogP contribution in [0.4, 0.5) is 4.39 Å². The van der Waals surface area contributed by atoms with Gasteiger partial charge in [-0.2, -0.15) is 5.26 Å². The molecule has 1 aromatic carbocycles. The second kappa shape index (κ2) is 6.51. The Kier molecular flexibility index (Phi) is 4.15. The zero-order valence-corrected chi connectivity index (χ0v) is 14.7. The average Bonchev–Trinajstić information content (AvgIpc) is 3.45. The predicted molar refractivity (Wildman–Crippen MR) is 95.1 cm³/mol. The van der Waals surface area contributed by atoms with Gasteiger partial charge in [-0.3, -0.25) is 9.59 Å². The van der Waals surface area contributed by atoms with Gasteiger partial charge in [0.25, 0.3) is 0 Å². The zero-order chi connectivity index (χ0) is 19.1. The third-order valence-corrected chi connectivity index (χ3v) is 4.86. The van der Waals surface area contributed by atoms with Crippen LogP contribution < -0.4 is 0 Å². The van der Waals surface area contributed by atoms with E-state index in [1.807, 2.05) is 11.1 Å². The first-order valence-electron chi connectivity index (χ1n) is 8.79. The van der Waals surface area contributed by atoms with Crippen molar-refractivity contribution in [3.05, 3.63) is 64.8 Å². The number of Topliss-reactive ketones (excluding diaryl/α,β-unsaturated/α-hetero) is 1. The number of carbonyl (C=O) groups excluding carboxylic acids is 2. The summed E-state index contributed by atoms with van der Waals surface area (Å²) < 4.78 is 19.0. The van der Waals surface area contributed by atoms with Gasteiger partial charge in [0.1, 0.15) is 17.6 Å². The van der Waals surface area contributed by atoms with Gasteiger partial charge in [0.05, 0.1) is 0 Å². The van der Waals surface area contributed by atoms with E-state index in [0.29, 0.717) is 22.4 Å². The van der Waals surface area contributed by atoms with Crippen molar-refractivity contribution < 1.29 is 18.7 Å². The minimum absolute atomic E-state index is 0.102. The highest BCUT2D eigenvalue weighted by Gasteiger charge is 2.39. The third-order valence-electron chi connectivity index (χ3n) is 4.86. The SMILES string of the molecule is CC(=O)OC1C=C2C(=CN(C3CC3)C(C#N)=C2c2cccc(F)c2)CC1=O. The third kappa shape index (κ3) is 3.17. The van der Waals surface area contributed by atoms with Crippen LogP contribution in [0.5, 0.6) is 0 Å². The van der Waals surface area contributed by atoms with Crippen molar-refractivity contribution in [1.82, 2.24) is 4.90 Å². The van der Waals surface area contributed by atoms with Crippen LogP contribution in [-0.2, 0) is 14.3 Å². The number of halogens is 1. The van der Waals surface area contributed by atoms with Crippen LogP contribution in [0.15, 0.2) is 53.4 Å². The lowest BCUT2D eigenvalue weighted by molar-refractivity contribution is -0.150. The average molecular weight is 364 g/mol. The lowest BCUT2D eigenvalue weighted by Gasteiger charge is -2.33. The van der Waals surface area contributed by atoms with Crippen molar-refractivity contribution in [2.24, 2.45) is 0 Å². The first-order valence-corrected chi connectivity index (χ1v) is 8.79. The molecule has 1 fully saturated rings. The van der Waals surface area contributed by atoms with Crippen LogP contribution in [0.3, 0.4) is 0 Å². The second-order valence-corrected chi connectivity index (χ2v) is 6.89. The van der Waals surface area contributed by atoms with Crippen LogP contribution in [0.1, 0.15) is 31.7 Å². The summed E-state index contributed by atoms with van der Waals surface area (Å²) in [6.07, 6.45) is 4.45. The van der Waals surface area contributed by atoms with Gasteiger partial charge in [-0.1, -0.05) is 12.1 Å². The monoisotopic (exact) mass is 364 g/mol. The molecule has 0 radical (unpaired) electrons. The Morgan fingerprint density at radius 2 is 2.15 bits per heavy atom. The molecule has 1 unspecified atom stereocenters. The van der Waals surface area contributed by atoms with Crippen LogP contribution >= 0.6 is 0 Å². The quantitative estimate of drug-likeness (QED) is 0.770. The van der Waals surface area contributed by atoms with Crippen molar-refractivity contribution >= 4 is 17.3 Å². The number of rotatable bonds is 3. The number of nitriles is 1. The number of carbonyl (C=O) groups is 2. The summed E-state index contributed by atoms with van der Waals surface area (Å²) in [6.45, 7) is 1.25. The topological polar surface area (TPSA) is 70.4 Å². The summed E-state index contributed by atoms with van der Waals surface area (Å²) in [5.41, 5.74) is 2.97. The highest BCUT2D eigenvalue weighted by Crippen LogP contribution is 2.44. The van der Waals surface area contributed by atoms with E-state index in [1.54, 1.807) is 18.2 Å². The molecule has 4 rings (SSSR count). The van der Waals surface area contributed by atoms with Crippen LogP contribution in [0.2, 0.25) is 0 Å². The molecule has 0 N–H and O–H groups in total. The normalized spacial score (nSPS) is 21.9. The van der Waals surface area contributed by atoms with Gasteiger partial charge < -0.3 is 9.64 Å². The van der Waals surface area contributed by atoms with Crippen LogP contribution in [0.25, 0.3) is 5.57 Å². The molecule has 1 saturated carbocycles. The zero-order valence-electron chi connectivity index (χ0n) is 14.7. The summed E-state index contributed by atoms with van der Waals surface area (Å²) in [5.74, 6) is -1.17. The fourth-order valence-electron chi connectivity index (χ4n) is 3.55. The maximum absolute atomic E-state index is 13.9. The Bertz CT molecular complexity index is 979.